The van der Waals surface area contributed by atoms with Crippen LogP contribution in [0.3, 0.4) is 0 Å². The van der Waals surface area contributed by atoms with E-state index >= 15 is 0 Å². The van der Waals surface area contributed by atoms with Crippen molar-refractivity contribution in [3.63, 3.8) is 0 Å². The van der Waals surface area contributed by atoms with Crippen LogP contribution in [0.4, 0.5) is 21.9 Å². The molecule has 6 heteroatoms. The predicted molar refractivity (Wildman–Crippen MR) is 104 cm³/mol. The molecule has 2 N–H and O–H groups in total. The van der Waals surface area contributed by atoms with Gasteiger partial charge in [0.25, 0.3) is 0 Å². The van der Waals surface area contributed by atoms with Crippen LogP contribution >= 0.6 is 0 Å². The largest absolute Gasteiger partial charge is 0.497 e. The van der Waals surface area contributed by atoms with E-state index in [0.29, 0.717) is 5.69 Å². The van der Waals surface area contributed by atoms with E-state index in [-0.39, 0.29) is 12.1 Å². The van der Waals surface area contributed by atoms with Crippen LogP contribution in [0.1, 0.15) is 12.8 Å². The SMILES string of the molecule is COc1ccc(NC(=O)Nc2ccc(N3CCCC(OC)C3)cc2)cc1. The third-order valence-electron chi connectivity index (χ3n) is 4.55. The average Bonchev–Trinajstić information content (AvgIpc) is 2.69. The maximum Gasteiger partial charge on any atom is 0.323 e. The molecule has 2 aromatic rings. The molecule has 1 unspecified atom stereocenters. The standard InChI is InChI=1S/C20H25N3O3/c1-25-18-11-7-16(8-12-18)22-20(24)21-15-5-9-17(10-6-15)23-13-3-4-19(14-23)26-2/h5-12,19H,3-4,13-14H2,1-2H3,(H2,21,22,24). The second kappa shape index (κ2) is 8.58. The Morgan fingerprint density at radius 2 is 1.62 bits per heavy atom. The van der Waals surface area contributed by atoms with Crippen LogP contribution in [0.15, 0.2) is 48.5 Å². The third-order valence-corrected chi connectivity index (χ3v) is 4.55. The molecule has 1 saturated heterocycles. The lowest BCUT2D eigenvalue weighted by Crippen LogP contribution is -2.39. The van der Waals surface area contributed by atoms with E-state index < -0.39 is 0 Å². The van der Waals surface area contributed by atoms with Crippen LogP contribution in [0.25, 0.3) is 0 Å². The van der Waals surface area contributed by atoms with E-state index in [2.05, 4.69) is 15.5 Å². The number of benzene rings is 2. The highest BCUT2D eigenvalue weighted by Gasteiger charge is 2.19. The molecule has 26 heavy (non-hydrogen) atoms. The van der Waals surface area contributed by atoms with Crippen LogP contribution in [0.2, 0.25) is 0 Å². The fourth-order valence-corrected chi connectivity index (χ4v) is 3.09. The molecule has 6 nitrogen and oxygen atoms in total. The number of nitrogens with zero attached hydrogens (tertiary/aromatic N) is 1. The second-order valence-corrected chi connectivity index (χ2v) is 6.30. The van der Waals surface area contributed by atoms with Crippen molar-refractivity contribution in [2.24, 2.45) is 0 Å². The fraction of sp³-hybridized carbons (Fsp3) is 0.350. The zero-order valence-corrected chi connectivity index (χ0v) is 15.2. The minimum atomic E-state index is -0.277. The first-order chi connectivity index (χ1) is 12.7. The topological polar surface area (TPSA) is 62.8 Å². The normalized spacial score (nSPS) is 16.8. The van der Waals surface area contributed by atoms with Gasteiger partial charge in [-0.05, 0) is 61.4 Å². The molecule has 0 radical (unpaired) electrons. The first kappa shape index (κ1) is 18.1. The van der Waals surface area contributed by atoms with Crippen molar-refractivity contribution in [2.75, 3.05) is 42.8 Å². The Bertz CT molecular complexity index is 716. The van der Waals surface area contributed by atoms with E-state index in [0.717, 1.165) is 43.1 Å². The number of ether oxygens (including phenoxy) is 2. The van der Waals surface area contributed by atoms with Gasteiger partial charge in [-0.25, -0.2) is 4.79 Å². The second-order valence-electron chi connectivity index (χ2n) is 6.30. The van der Waals surface area contributed by atoms with Gasteiger partial charge in [0.2, 0.25) is 0 Å². The smallest absolute Gasteiger partial charge is 0.323 e. The van der Waals surface area contributed by atoms with Crippen molar-refractivity contribution in [2.45, 2.75) is 18.9 Å². The number of hydrogen-bond donors (Lipinski definition) is 2. The number of anilines is 3. The molecule has 1 atom stereocenters. The van der Waals surface area contributed by atoms with Gasteiger partial charge < -0.3 is 25.0 Å². The molecule has 3 rings (SSSR count). The summed E-state index contributed by atoms with van der Waals surface area (Å²) in [5.74, 6) is 0.750. The van der Waals surface area contributed by atoms with Gasteiger partial charge in [0.1, 0.15) is 5.75 Å². The number of carbonyl (C=O) groups is 1. The molecular weight excluding hydrogens is 330 g/mol. The Morgan fingerprint density at radius 1 is 1.00 bits per heavy atom. The zero-order chi connectivity index (χ0) is 18.4. The summed E-state index contributed by atoms with van der Waals surface area (Å²) in [7, 11) is 3.38. The molecule has 1 fully saturated rings. The summed E-state index contributed by atoms with van der Waals surface area (Å²) in [6.07, 6.45) is 2.53. The van der Waals surface area contributed by atoms with Crippen LogP contribution in [-0.2, 0) is 4.74 Å². The fourth-order valence-electron chi connectivity index (χ4n) is 3.09. The maximum atomic E-state index is 12.1. The van der Waals surface area contributed by atoms with Crippen LogP contribution in [-0.4, -0.2) is 39.4 Å². The molecule has 1 heterocycles. The van der Waals surface area contributed by atoms with Crippen molar-refractivity contribution in [1.29, 1.82) is 0 Å². The Hall–Kier alpha value is -2.73. The van der Waals surface area contributed by atoms with E-state index in [1.165, 1.54) is 0 Å². The lowest BCUT2D eigenvalue weighted by Gasteiger charge is -2.33. The highest BCUT2D eigenvalue weighted by molar-refractivity contribution is 5.99. The van der Waals surface area contributed by atoms with E-state index in [9.17, 15) is 4.79 Å². The van der Waals surface area contributed by atoms with Crippen molar-refractivity contribution in [3.05, 3.63) is 48.5 Å². The highest BCUT2D eigenvalue weighted by atomic mass is 16.5. The summed E-state index contributed by atoms with van der Waals surface area (Å²) < 4.78 is 10.6. The number of piperidine rings is 1. The summed E-state index contributed by atoms with van der Waals surface area (Å²) in [6, 6.07) is 14.8. The quantitative estimate of drug-likeness (QED) is 0.852. The van der Waals surface area contributed by atoms with Crippen molar-refractivity contribution < 1.29 is 14.3 Å². The van der Waals surface area contributed by atoms with Crippen LogP contribution in [0, 0.1) is 0 Å². The summed E-state index contributed by atoms with van der Waals surface area (Å²) in [5.41, 5.74) is 2.60. The lowest BCUT2D eigenvalue weighted by atomic mass is 10.1. The first-order valence-corrected chi connectivity index (χ1v) is 8.78. The molecule has 138 valence electrons. The summed E-state index contributed by atoms with van der Waals surface area (Å²) >= 11 is 0. The van der Waals surface area contributed by atoms with Gasteiger partial charge in [-0.3, -0.25) is 0 Å². The van der Waals surface area contributed by atoms with Crippen molar-refractivity contribution >= 4 is 23.1 Å². The van der Waals surface area contributed by atoms with Gasteiger partial charge in [0.05, 0.1) is 13.2 Å². The molecule has 2 aromatic carbocycles. The maximum absolute atomic E-state index is 12.1. The molecule has 0 aromatic heterocycles. The van der Waals surface area contributed by atoms with Gasteiger partial charge in [0.15, 0.2) is 0 Å². The van der Waals surface area contributed by atoms with Crippen LogP contribution < -0.4 is 20.3 Å². The Labute approximate surface area is 154 Å². The number of urea groups is 1. The summed E-state index contributed by atoms with van der Waals surface area (Å²) in [4.78, 5) is 14.4. The van der Waals surface area contributed by atoms with E-state index in [1.54, 1.807) is 38.5 Å². The number of carbonyl (C=O) groups excluding carboxylic acids is 1. The number of amides is 2. The monoisotopic (exact) mass is 355 g/mol. The van der Waals surface area contributed by atoms with E-state index in [4.69, 9.17) is 9.47 Å². The number of methoxy groups -OCH3 is 2. The lowest BCUT2D eigenvalue weighted by molar-refractivity contribution is 0.0893. The molecule has 0 spiro atoms. The predicted octanol–water partition coefficient (Wildman–Crippen LogP) is 3.95. The molecule has 1 aliphatic heterocycles. The van der Waals surface area contributed by atoms with Gasteiger partial charge >= 0.3 is 6.03 Å². The Kier molecular flexibility index (Phi) is 5.96. The molecule has 1 aliphatic rings. The molecule has 0 saturated carbocycles. The van der Waals surface area contributed by atoms with Crippen molar-refractivity contribution in [3.8, 4) is 5.75 Å². The highest BCUT2D eigenvalue weighted by Crippen LogP contribution is 2.23. The summed E-state index contributed by atoms with van der Waals surface area (Å²) in [5, 5.41) is 5.65. The van der Waals surface area contributed by atoms with Gasteiger partial charge in [-0.1, -0.05) is 0 Å². The minimum absolute atomic E-state index is 0.277. The molecule has 0 aliphatic carbocycles. The molecular formula is C20H25N3O3. The third kappa shape index (κ3) is 4.67. The summed E-state index contributed by atoms with van der Waals surface area (Å²) in [6.45, 7) is 1.94. The van der Waals surface area contributed by atoms with Gasteiger partial charge in [-0.2, -0.15) is 0 Å². The van der Waals surface area contributed by atoms with Crippen LogP contribution in [0.5, 0.6) is 5.75 Å². The van der Waals surface area contributed by atoms with Crippen molar-refractivity contribution in [1.82, 2.24) is 0 Å². The number of rotatable bonds is 5. The van der Waals surface area contributed by atoms with Gasteiger partial charge in [-0.15, -0.1) is 0 Å². The first-order valence-electron chi connectivity index (χ1n) is 8.78. The number of nitrogens with one attached hydrogen (secondary N) is 2. The van der Waals surface area contributed by atoms with Gasteiger partial charge in [0, 0.05) is 37.3 Å². The number of hydrogen-bond acceptors (Lipinski definition) is 4. The van der Waals surface area contributed by atoms with E-state index in [1.807, 2.05) is 24.3 Å². The zero-order valence-electron chi connectivity index (χ0n) is 15.2. The molecule has 2 amide bonds. The molecule has 0 bridgehead atoms. The average molecular weight is 355 g/mol. The Balaban J connectivity index is 1.55. The minimum Gasteiger partial charge on any atom is -0.497 e. The Morgan fingerprint density at radius 3 is 2.19 bits per heavy atom.